The van der Waals surface area contributed by atoms with Gasteiger partial charge in [0.1, 0.15) is 5.82 Å². The van der Waals surface area contributed by atoms with Crippen LogP contribution in [0, 0.1) is 0 Å². The average Bonchev–Trinajstić information content (AvgIpc) is 3.81. The molecule has 0 bridgehead atoms. The first-order chi connectivity index (χ1) is 24.1. The van der Waals surface area contributed by atoms with Gasteiger partial charge in [-0.2, -0.15) is 5.21 Å². The SMILES string of the molecule is CCCC(c1nc(Cl)c(CO)n1Cc1ccc(-c2ccccc2-c2nn[nH]n2)cc1)C(c1ccccc1)(c1ccccc1)c1ccccc1. The molecule has 8 heteroatoms. The molecule has 5 aromatic carbocycles. The number of H-pyrrole nitrogens is 1. The Morgan fingerprint density at radius 1 is 0.735 bits per heavy atom. The van der Waals surface area contributed by atoms with E-state index in [4.69, 9.17) is 16.6 Å². The van der Waals surface area contributed by atoms with E-state index in [1.54, 1.807) is 0 Å². The van der Waals surface area contributed by atoms with E-state index in [-0.39, 0.29) is 12.5 Å². The lowest BCUT2D eigenvalue weighted by molar-refractivity contribution is 0.270. The fourth-order valence-electron chi connectivity index (χ4n) is 7.28. The molecule has 7 nitrogen and oxygen atoms in total. The van der Waals surface area contributed by atoms with E-state index in [0.29, 0.717) is 23.2 Å². The van der Waals surface area contributed by atoms with E-state index >= 15 is 0 Å². The summed E-state index contributed by atoms with van der Waals surface area (Å²) in [6.45, 7) is 2.48. The van der Waals surface area contributed by atoms with Crippen LogP contribution < -0.4 is 0 Å². The van der Waals surface area contributed by atoms with Crippen LogP contribution in [0.3, 0.4) is 0 Å². The van der Waals surface area contributed by atoms with Gasteiger partial charge in [0, 0.05) is 18.0 Å². The van der Waals surface area contributed by atoms with Crippen molar-refractivity contribution in [1.82, 2.24) is 30.2 Å². The van der Waals surface area contributed by atoms with Gasteiger partial charge in [-0.05, 0) is 45.0 Å². The molecule has 0 aliphatic carbocycles. The van der Waals surface area contributed by atoms with Crippen molar-refractivity contribution in [1.29, 1.82) is 0 Å². The Kier molecular flexibility index (Phi) is 9.46. The van der Waals surface area contributed by atoms with Crippen LogP contribution in [0.1, 0.15) is 59.5 Å². The monoisotopic (exact) mass is 664 g/mol. The molecule has 1 atom stereocenters. The summed E-state index contributed by atoms with van der Waals surface area (Å²) < 4.78 is 2.13. The third-order valence-electron chi connectivity index (χ3n) is 9.42. The van der Waals surface area contributed by atoms with Crippen LogP contribution in [0.2, 0.25) is 5.15 Å². The van der Waals surface area contributed by atoms with Gasteiger partial charge in [0.05, 0.1) is 17.7 Å². The maximum Gasteiger partial charge on any atom is 0.205 e. The molecule has 2 N–H and O–H groups in total. The van der Waals surface area contributed by atoms with Crippen molar-refractivity contribution < 1.29 is 5.11 Å². The summed E-state index contributed by atoms with van der Waals surface area (Å²) in [6, 6.07) is 48.6. The molecule has 0 radical (unpaired) electrons. The standard InChI is InChI=1S/C41H37ClN6O/c1-2-14-36(41(31-15-6-3-7-16-31,32-17-8-4-9-18-32)33-19-10-5-11-20-33)40-43-38(42)37(28-49)48(40)27-29-23-25-30(26-24-29)34-21-12-13-22-35(34)39-44-46-47-45-39/h3-13,15-26,36,49H,2,14,27-28H2,1H3,(H,44,45,46,47). The lowest BCUT2D eigenvalue weighted by Gasteiger charge is -2.43. The number of aliphatic hydroxyl groups excluding tert-OH is 1. The van der Waals surface area contributed by atoms with E-state index in [2.05, 4.69) is 153 Å². The first-order valence-corrected chi connectivity index (χ1v) is 17.0. The van der Waals surface area contributed by atoms with Gasteiger partial charge in [-0.15, -0.1) is 10.2 Å². The first-order valence-electron chi connectivity index (χ1n) is 16.6. The van der Waals surface area contributed by atoms with Crippen LogP contribution in [0.25, 0.3) is 22.5 Å². The number of imidazole rings is 1. The zero-order chi connectivity index (χ0) is 33.6. The Morgan fingerprint density at radius 3 is 1.80 bits per heavy atom. The highest BCUT2D eigenvalue weighted by Gasteiger charge is 2.46. The molecule has 7 aromatic rings. The third-order valence-corrected chi connectivity index (χ3v) is 9.72. The highest BCUT2D eigenvalue weighted by atomic mass is 35.5. The van der Waals surface area contributed by atoms with Gasteiger partial charge in [-0.25, -0.2) is 4.98 Å². The minimum absolute atomic E-state index is 0.122. The summed E-state index contributed by atoms with van der Waals surface area (Å²) in [4.78, 5) is 5.09. The Bertz CT molecular complexity index is 2000. The fraction of sp³-hybridized carbons (Fsp3) is 0.171. The molecule has 0 aliphatic heterocycles. The quantitative estimate of drug-likeness (QED) is 0.127. The van der Waals surface area contributed by atoms with Crippen LogP contribution in [-0.2, 0) is 18.6 Å². The summed E-state index contributed by atoms with van der Waals surface area (Å²) in [6.07, 6.45) is 1.76. The number of hydrogen-bond donors (Lipinski definition) is 2. The number of rotatable bonds is 12. The van der Waals surface area contributed by atoms with Crippen LogP contribution in [0.15, 0.2) is 140 Å². The number of benzene rings is 5. The van der Waals surface area contributed by atoms with E-state index in [1.807, 2.05) is 18.2 Å². The molecule has 2 aromatic heterocycles. The second-order valence-corrected chi connectivity index (χ2v) is 12.5. The Balaban J connectivity index is 1.37. The number of aromatic nitrogens is 6. The molecule has 244 valence electrons. The molecular weight excluding hydrogens is 628 g/mol. The van der Waals surface area contributed by atoms with Crippen molar-refractivity contribution in [2.24, 2.45) is 0 Å². The second-order valence-electron chi connectivity index (χ2n) is 12.2. The maximum absolute atomic E-state index is 10.7. The molecule has 1 unspecified atom stereocenters. The van der Waals surface area contributed by atoms with Gasteiger partial charge in [-0.3, -0.25) is 0 Å². The lowest BCUT2D eigenvalue weighted by atomic mass is 9.60. The molecular formula is C41H37ClN6O. The summed E-state index contributed by atoms with van der Waals surface area (Å²) in [7, 11) is 0. The molecule has 0 fully saturated rings. The number of aliphatic hydroxyl groups is 1. The summed E-state index contributed by atoms with van der Waals surface area (Å²) >= 11 is 6.91. The van der Waals surface area contributed by atoms with Crippen molar-refractivity contribution in [2.45, 2.75) is 44.2 Å². The first kappa shape index (κ1) is 32.2. The normalized spacial score (nSPS) is 12.2. The summed E-state index contributed by atoms with van der Waals surface area (Å²) in [5, 5.41) is 25.7. The largest absolute Gasteiger partial charge is 0.390 e. The molecule has 0 aliphatic rings. The predicted octanol–water partition coefficient (Wildman–Crippen LogP) is 8.84. The minimum atomic E-state index is -0.596. The number of aromatic amines is 1. The minimum Gasteiger partial charge on any atom is -0.390 e. The van der Waals surface area contributed by atoms with E-state index in [9.17, 15) is 5.11 Å². The highest BCUT2D eigenvalue weighted by molar-refractivity contribution is 6.30. The zero-order valence-electron chi connectivity index (χ0n) is 27.2. The number of hydrogen-bond acceptors (Lipinski definition) is 5. The van der Waals surface area contributed by atoms with E-state index in [1.165, 1.54) is 16.7 Å². The Hall–Kier alpha value is -5.37. The Morgan fingerprint density at radius 2 is 1.29 bits per heavy atom. The van der Waals surface area contributed by atoms with Crippen molar-refractivity contribution in [3.63, 3.8) is 0 Å². The number of halogens is 1. The molecule has 0 saturated carbocycles. The van der Waals surface area contributed by atoms with Crippen LogP contribution in [0.4, 0.5) is 0 Å². The third kappa shape index (κ3) is 6.07. The summed E-state index contributed by atoms with van der Waals surface area (Å²) in [5.41, 5.74) is 7.54. The lowest BCUT2D eigenvalue weighted by Crippen LogP contribution is -2.38. The molecule has 0 saturated heterocycles. The maximum atomic E-state index is 10.7. The second kappa shape index (κ2) is 14.4. The van der Waals surface area contributed by atoms with Crippen molar-refractivity contribution in [3.8, 4) is 22.5 Å². The van der Waals surface area contributed by atoms with Crippen LogP contribution in [-0.4, -0.2) is 35.3 Å². The van der Waals surface area contributed by atoms with Gasteiger partial charge >= 0.3 is 0 Å². The van der Waals surface area contributed by atoms with Crippen molar-refractivity contribution >= 4 is 11.6 Å². The predicted molar refractivity (Wildman–Crippen MR) is 194 cm³/mol. The van der Waals surface area contributed by atoms with Gasteiger partial charge in [-0.1, -0.05) is 164 Å². The van der Waals surface area contributed by atoms with Gasteiger partial charge < -0.3 is 9.67 Å². The van der Waals surface area contributed by atoms with Gasteiger partial charge in [0.25, 0.3) is 0 Å². The number of nitrogens with one attached hydrogen (secondary N) is 1. The zero-order valence-corrected chi connectivity index (χ0v) is 28.0. The van der Waals surface area contributed by atoms with E-state index in [0.717, 1.165) is 40.9 Å². The molecule has 0 amide bonds. The van der Waals surface area contributed by atoms with Crippen molar-refractivity contribution in [2.75, 3.05) is 0 Å². The molecule has 2 heterocycles. The Labute approximate surface area is 291 Å². The fourth-order valence-corrected chi connectivity index (χ4v) is 7.53. The average molecular weight is 665 g/mol. The van der Waals surface area contributed by atoms with Crippen LogP contribution >= 0.6 is 11.6 Å². The smallest absolute Gasteiger partial charge is 0.205 e. The van der Waals surface area contributed by atoms with E-state index < -0.39 is 5.41 Å². The van der Waals surface area contributed by atoms with Crippen molar-refractivity contribution in [3.05, 3.63) is 178 Å². The molecule has 7 rings (SSSR count). The molecule has 49 heavy (non-hydrogen) atoms. The number of tetrazole rings is 1. The van der Waals surface area contributed by atoms with Crippen LogP contribution in [0.5, 0.6) is 0 Å². The topological polar surface area (TPSA) is 92.5 Å². The van der Waals surface area contributed by atoms with Gasteiger partial charge in [0.15, 0.2) is 5.15 Å². The highest BCUT2D eigenvalue weighted by Crippen LogP contribution is 2.52. The molecule has 0 spiro atoms. The number of nitrogens with zero attached hydrogens (tertiary/aromatic N) is 5. The van der Waals surface area contributed by atoms with Gasteiger partial charge in [0.2, 0.25) is 5.82 Å². The summed E-state index contributed by atoms with van der Waals surface area (Å²) in [5.74, 6) is 1.27.